The van der Waals surface area contributed by atoms with Crippen LogP contribution in [0.4, 0.5) is 26.3 Å². The smallest absolute Gasteiger partial charge is 0.475 e. The van der Waals surface area contributed by atoms with Crippen molar-refractivity contribution in [1.82, 2.24) is 14.8 Å². The standard InChI is InChI=1S/C17H25N3O3.2C2HF3O2/c1-19(2)16(21)11-22-15-6-8-23-17(9-15)12-20(13-17)10-14-5-3-4-7-18-14;2*3-2(4,5)1(6)7/h3-5,7,15H,6,8-13H2,1-2H3;2*(H,6,7). The third-order valence-corrected chi connectivity index (χ3v) is 5.01. The molecule has 1 unspecified atom stereocenters. The van der Waals surface area contributed by atoms with Crippen LogP contribution in [0.1, 0.15) is 18.5 Å². The number of carboxylic acids is 2. The van der Waals surface area contributed by atoms with Gasteiger partial charge in [0.25, 0.3) is 0 Å². The molecule has 1 aromatic heterocycles. The minimum absolute atomic E-state index is 0.0101. The minimum atomic E-state index is -5.08. The van der Waals surface area contributed by atoms with E-state index in [0.717, 1.165) is 38.2 Å². The molecule has 2 N–H and O–H groups in total. The number of hydrogen-bond donors (Lipinski definition) is 2. The van der Waals surface area contributed by atoms with Gasteiger partial charge in [0.15, 0.2) is 0 Å². The van der Waals surface area contributed by atoms with Crippen LogP contribution in [0, 0.1) is 0 Å². The normalized spacial score (nSPS) is 18.9. The van der Waals surface area contributed by atoms with E-state index >= 15 is 0 Å². The van der Waals surface area contributed by atoms with Gasteiger partial charge >= 0.3 is 24.3 Å². The number of aliphatic carboxylic acids is 2. The summed E-state index contributed by atoms with van der Waals surface area (Å²) in [5.41, 5.74) is 0.987. The highest BCUT2D eigenvalue weighted by molar-refractivity contribution is 5.76. The molecule has 2 saturated heterocycles. The molecule has 0 radical (unpaired) electrons. The monoisotopic (exact) mass is 547 g/mol. The number of carboxylic acid groups (broad SMARTS) is 2. The van der Waals surface area contributed by atoms with E-state index in [2.05, 4.69) is 9.88 Å². The maximum absolute atomic E-state index is 11.6. The molecule has 0 saturated carbocycles. The molecule has 0 bridgehead atoms. The minimum Gasteiger partial charge on any atom is -0.475 e. The summed E-state index contributed by atoms with van der Waals surface area (Å²) in [7, 11) is 3.50. The zero-order valence-corrected chi connectivity index (χ0v) is 19.9. The molecule has 2 aliphatic rings. The lowest BCUT2D eigenvalue weighted by Crippen LogP contribution is -2.65. The molecule has 2 fully saturated rings. The molecule has 2 aliphatic heterocycles. The van der Waals surface area contributed by atoms with E-state index < -0.39 is 24.3 Å². The molecular formula is C21H27F6N3O7. The van der Waals surface area contributed by atoms with Gasteiger partial charge in [-0.3, -0.25) is 14.7 Å². The number of carbonyl (C=O) groups is 3. The molecular weight excluding hydrogens is 520 g/mol. The highest BCUT2D eigenvalue weighted by Gasteiger charge is 2.47. The maximum Gasteiger partial charge on any atom is 0.490 e. The Morgan fingerprint density at radius 1 is 1.11 bits per heavy atom. The second-order valence-corrected chi connectivity index (χ2v) is 8.32. The summed E-state index contributed by atoms with van der Waals surface area (Å²) in [5.74, 6) is -5.50. The van der Waals surface area contributed by atoms with Crippen LogP contribution < -0.4 is 0 Å². The first-order valence-corrected chi connectivity index (χ1v) is 10.6. The van der Waals surface area contributed by atoms with Crippen molar-refractivity contribution in [3.8, 4) is 0 Å². The highest BCUT2D eigenvalue weighted by atomic mass is 19.4. The third kappa shape index (κ3) is 11.7. The Balaban J connectivity index is 0.000000404. The summed E-state index contributed by atoms with van der Waals surface area (Å²) in [6.45, 7) is 3.54. The summed E-state index contributed by atoms with van der Waals surface area (Å²) in [4.78, 5) is 37.7. The van der Waals surface area contributed by atoms with Crippen LogP contribution >= 0.6 is 0 Å². The van der Waals surface area contributed by atoms with Crippen LogP contribution in [0.3, 0.4) is 0 Å². The van der Waals surface area contributed by atoms with Crippen molar-refractivity contribution in [2.75, 3.05) is 40.4 Å². The van der Waals surface area contributed by atoms with Gasteiger partial charge in [0.2, 0.25) is 5.91 Å². The molecule has 1 spiro atoms. The molecule has 16 heteroatoms. The number of amides is 1. The second-order valence-electron chi connectivity index (χ2n) is 8.32. The lowest BCUT2D eigenvalue weighted by molar-refractivity contribution is -0.200. The van der Waals surface area contributed by atoms with Gasteiger partial charge in [0.1, 0.15) is 6.61 Å². The van der Waals surface area contributed by atoms with E-state index in [1.165, 1.54) is 0 Å². The molecule has 1 amide bonds. The van der Waals surface area contributed by atoms with Crippen LogP contribution in [0.25, 0.3) is 0 Å². The molecule has 0 aromatic carbocycles. The van der Waals surface area contributed by atoms with Crippen molar-refractivity contribution in [2.24, 2.45) is 0 Å². The lowest BCUT2D eigenvalue weighted by atomic mass is 9.84. The summed E-state index contributed by atoms with van der Waals surface area (Å²) < 4.78 is 75.3. The summed E-state index contributed by atoms with van der Waals surface area (Å²) in [6, 6.07) is 5.99. The van der Waals surface area contributed by atoms with Gasteiger partial charge in [-0.05, 0) is 18.6 Å². The molecule has 10 nitrogen and oxygen atoms in total. The van der Waals surface area contributed by atoms with E-state index in [0.29, 0.717) is 6.61 Å². The van der Waals surface area contributed by atoms with E-state index in [4.69, 9.17) is 29.3 Å². The van der Waals surface area contributed by atoms with Gasteiger partial charge in [-0.25, -0.2) is 9.59 Å². The van der Waals surface area contributed by atoms with Crippen molar-refractivity contribution < 1.29 is 60.4 Å². The van der Waals surface area contributed by atoms with Gasteiger partial charge in [-0.1, -0.05) is 6.07 Å². The average Bonchev–Trinajstić information content (AvgIpc) is 2.77. The Labute approximate surface area is 207 Å². The molecule has 3 rings (SSSR count). The van der Waals surface area contributed by atoms with E-state index in [9.17, 15) is 31.1 Å². The van der Waals surface area contributed by atoms with Gasteiger partial charge < -0.3 is 24.6 Å². The average molecular weight is 547 g/mol. The maximum atomic E-state index is 11.6. The fraction of sp³-hybridized carbons (Fsp3) is 0.619. The van der Waals surface area contributed by atoms with Gasteiger partial charge in [-0.15, -0.1) is 0 Å². The number of likely N-dealkylation sites (tertiary alicyclic amines) is 1. The van der Waals surface area contributed by atoms with Crippen molar-refractivity contribution in [1.29, 1.82) is 0 Å². The Kier molecular flexibility index (Phi) is 11.7. The molecule has 3 heterocycles. The number of halogens is 6. The van der Waals surface area contributed by atoms with Gasteiger partial charge in [0, 0.05) is 53.0 Å². The van der Waals surface area contributed by atoms with Crippen LogP contribution in [0.2, 0.25) is 0 Å². The number of likely N-dealkylation sites (N-methyl/N-ethyl adjacent to an activating group) is 1. The Morgan fingerprint density at radius 2 is 1.65 bits per heavy atom. The number of nitrogens with zero attached hydrogens (tertiary/aromatic N) is 3. The van der Waals surface area contributed by atoms with Crippen molar-refractivity contribution >= 4 is 17.8 Å². The Bertz CT molecular complexity index is 867. The van der Waals surface area contributed by atoms with Crippen LogP contribution in [-0.4, -0.2) is 107 Å². The first kappa shape index (κ1) is 32.0. The predicted molar refractivity (Wildman–Crippen MR) is 113 cm³/mol. The van der Waals surface area contributed by atoms with E-state index in [1.807, 2.05) is 24.4 Å². The van der Waals surface area contributed by atoms with Crippen molar-refractivity contribution in [2.45, 2.75) is 43.4 Å². The first-order chi connectivity index (χ1) is 16.9. The van der Waals surface area contributed by atoms with Crippen molar-refractivity contribution in [3.63, 3.8) is 0 Å². The lowest BCUT2D eigenvalue weighted by Gasteiger charge is -2.53. The third-order valence-electron chi connectivity index (χ3n) is 5.01. The number of rotatable bonds is 5. The fourth-order valence-electron chi connectivity index (χ4n) is 3.26. The van der Waals surface area contributed by atoms with Crippen LogP contribution in [-0.2, 0) is 30.4 Å². The fourth-order valence-corrected chi connectivity index (χ4v) is 3.26. The number of pyridine rings is 1. The highest BCUT2D eigenvalue weighted by Crippen LogP contribution is 2.35. The van der Waals surface area contributed by atoms with Gasteiger partial charge in [-0.2, -0.15) is 26.3 Å². The number of carbonyl (C=O) groups excluding carboxylic acids is 1. The first-order valence-electron chi connectivity index (χ1n) is 10.6. The Morgan fingerprint density at radius 3 is 2.08 bits per heavy atom. The van der Waals surface area contributed by atoms with E-state index in [-0.39, 0.29) is 24.2 Å². The number of alkyl halides is 6. The topological polar surface area (TPSA) is 130 Å². The molecule has 210 valence electrons. The summed E-state index contributed by atoms with van der Waals surface area (Å²) in [5, 5.41) is 14.2. The summed E-state index contributed by atoms with van der Waals surface area (Å²) >= 11 is 0. The quantitative estimate of drug-likeness (QED) is 0.533. The molecule has 37 heavy (non-hydrogen) atoms. The predicted octanol–water partition coefficient (Wildman–Crippen LogP) is 2.19. The summed E-state index contributed by atoms with van der Waals surface area (Å²) in [6.07, 6.45) is -6.49. The van der Waals surface area contributed by atoms with Crippen LogP contribution in [0.5, 0.6) is 0 Å². The van der Waals surface area contributed by atoms with Crippen LogP contribution in [0.15, 0.2) is 24.4 Å². The number of ether oxygens (including phenoxy) is 2. The zero-order chi connectivity index (χ0) is 28.4. The molecule has 1 aromatic rings. The molecule has 0 aliphatic carbocycles. The molecule has 1 atom stereocenters. The SMILES string of the molecule is CN(C)C(=O)COC1CCOC2(C1)CN(Cc1ccccn1)C2.O=C(O)C(F)(F)F.O=C(O)C(F)(F)F. The zero-order valence-electron chi connectivity index (χ0n) is 19.9. The van der Waals surface area contributed by atoms with E-state index in [1.54, 1.807) is 19.0 Å². The number of aromatic nitrogens is 1. The largest absolute Gasteiger partial charge is 0.490 e. The van der Waals surface area contributed by atoms with Gasteiger partial charge in [0.05, 0.1) is 17.4 Å². The Hall–Kier alpha value is -2.98. The number of hydrogen-bond acceptors (Lipinski definition) is 7. The van der Waals surface area contributed by atoms with Crippen molar-refractivity contribution in [3.05, 3.63) is 30.1 Å². The second kappa shape index (κ2) is 13.5.